The smallest absolute Gasteiger partial charge is 0.251 e. The predicted octanol–water partition coefficient (Wildman–Crippen LogP) is 3.12. The molecule has 2 aromatic rings. The van der Waals surface area contributed by atoms with Crippen molar-refractivity contribution in [2.75, 3.05) is 20.3 Å². The highest BCUT2D eigenvalue weighted by Gasteiger charge is 2.05. The summed E-state index contributed by atoms with van der Waals surface area (Å²) < 4.78 is 10.7. The van der Waals surface area contributed by atoms with Crippen LogP contribution in [0.2, 0.25) is 0 Å². The molecule has 0 bridgehead atoms. The van der Waals surface area contributed by atoms with E-state index in [0.29, 0.717) is 18.7 Å². The Morgan fingerprint density at radius 1 is 1.09 bits per heavy atom. The number of rotatable bonds is 6. The third kappa shape index (κ3) is 4.25. The lowest BCUT2D eigenvalue weighted by atomic mass is 10.1. The maximum absolute atomic E-state index is 12.0. The average molecular weight is 299 g/mol. The molecule has 0 aliphatic rings. The third-order valence-electron chi connectivity index (χ3n) is 3.33. The van der Waals surface area contributed by atoms with E-state index in [1.807, 2.05) is 26.0 Å². The highest BCUT2D eigenvalue weighted by molar-refractivity contribution is 5.94. The Bertz CT molecular complexity index is 635. The highest BCUT2D eigenvalue weighted by atomic mass is 16.5. The summed E-state index contributed by atoms with van der Waals surface area (Å²) in [6.45, 7) is 4.95. The van der Waals surface area contributed by atoms with Crippen LogP contribution in [0, 0.1) is 13.8 Å². The third-order valence-corrected chi connectivity index (χ3v) is 3.33. The minimum Gasteiger partial charge on any atom is -0.497 e. The van der Waals surface area contributed by atoms with E-state index in [1.54, 1.807) is 31.4 Å². The second kappa shape index (κ2) is 7.50. The van der Waals surface area contributed by atoms with Crippen LogP contribution in [0.25, 0.3) is 0 Å². The van der Waals surface area contributed by atoms with Gasteiger partial charge in [-0.3, -0.25) is 4.79 Å². The number of amides is 1. The van der Waals surface area contributed by atoms with Crippen LogP contribution >= 0.6 is 0 Å². The van der Waals surface area contributed by atoms with E-state index >= 15 is 0 Å². The monoisotopic (exact) mass is 299 g/mol. The average Bonchev–Trinajstić information content (AvgIpc) is 2.53. The fourth-order valence-corrected chi connectivity index (χ4v) is 2.13. The molecule has 4 heteroatoms. The molecule has 0 atom stereocenters. The lowest BCUT2D eigenvalue weighted by Gasteiger charge is -2.10. The summed E-state index contributed by atoms with van der Waals surface area (Å²) in [6, 6.07) is 13.0. The zero-order valence-electron chi connectivity index (χ0n) is 13.2. The van der Waals surface area contributed by atoms with E-state index in [4.69, 9.17) is 9.47 Å². The van der Waals surface area contributed by atoms with Crippen molar-refractivity contribution in [3.63, 3.8) is 0 Å². The van der Waals surface area contributed by atoms with Gasteiger partial charge in [0, 0.05) is 5.56 Å². The van der Waals surface area contributed by atoms with E-state index in [-0.39, 0.29) is 5.91 Å². The molecule has 0 spiro atoms. The fourth-order valence-electron chi connectivity index (χ4n) is 2.13. The highest BCUT2D eigenvalue weighted by Crippen LogP contribution is 2.18. The van der Waals surface area contributed by atoms with Gasteiger partial charge in [-0.15, -0.1) is 0 Å². The van der Waals surface area contributed by atoms with Crippen molar-refractivity contribution in [3.05, 3.63) is 59.2 Å². The number of ether oxygens (including phenoxy) is 2. The number of benzene rings is 2. The van der Waals surface area contributed by atoms with Crippen LogP contribution in [0.1, 0.15) is 21.5 Å². The van der Waals surface area contributed by atoms with E-state index in [0.717, 1.165) is 17.1 Å². The van der Waals surface area contributed by atoms with Crippen molar-refractivity contribution in [2.45, 2.75) is 13.8 Å². The summed E-state index contributed by atoms with van der Waals surface area (Å²) in [5.74, 6) is 1.46. The van der Waals surface area contributed by atoms with Gasteiger partial charge in [-0.2, -0.15) is 0 Å². The summed E-state index contributed by atoms with van der Waals surface area (Å²) in [5, 5.41) is 2.83. The Labute approximate surface area is 131 Å². The predicted molar refractivity (Wildman–Crippen MR) is 86.7 cm³/mol. The molecule has 22 heavy (non-hydrogen) atoms. The number of carbonyl (C=O) groups is 1. The molecule has 0 heterocycles. The molecule has 1 amide bonds. The van der Waals surface area contributed by atoms with Crippen molar-refractivity contribution in [1.82, 2.24) is 5.32 Å². The number of hydrogen-bond donors (Lipinski definition) is 1. The molecule has 0 aliphatic heterocycles. The largest absolute Gasteiger partial charge is 0.497 e. The summed E-state index contributed by atoms with van der Waals surface area (Å²) in [5.41, 5.74) is 2.91. The van der Waals surface area contributed by atoms with E-state index in [9.17, 15) is 4.79 Å². The molecule has 4 nitrogen and oxygen atoms in total. The maximum atomic E-state index is 12.0. The molecule has 0 aromatic heterocycles. The standard InChI is InChI=1S/C18H21NO3/c1-13-4-9-17(14(2)12-13)22-11-10-19-18(20)15-5-7-16(21-3)8-6-15/h4-9,12H,10-11H2,1-3H3,(H,19,20). The first-order chi connectivity index (χ1) is 10.6. The number of aryl methyl sites for hydroxylation is 2. The van der Waals surface area contributed by atoms with Gasteiger partial charge >= 0.3 is 0 Å². The van der Waals surface area contributed by atoms with Gasteiger partial charge in [0.1, 0.15) is 18.1 Å². The number of carbonyl (C=O) groups excluding carboxylic acids is 1. The summed E-state index contributed by atoms with van der Waals surface area (Å²) in [7, 11) is 1.60. The van der Waals surface area contributed by atoms with Crippen LogP contribution in [-0.4, -0.2) is 26.2 Å². The minimum atomic E-state index is -0.119. The summed E-state index contributed by atoms with van der Waals surface area (Å²) in [4.78, 5) is 12.0. The second-order valence-corrected chi connectivity index (χ2v) is 5.10. The zero-order valence-corrected chi connectivity index (χ0v) is 13.2. The first-order valence-corrected chi connectivity index (χ1v) is 7.22. The van der Waals surface area contributed by atoms with Gasteiger partial charge < -0.3 is 14.8 Å². The number of nitrogens with one attached hydrogen (secondary N) is 1. The van der Waals surface area contributed by atoms with Crippen molar-refractivity contribution in [3.8, 4) is 11.5 Å². The first-order valence-electron chi connectivity index (χ1n) is 7.22. The van der Waals surface area contributed by atoms with E-state index in [1.165, 1.54) is 5.56 Å². The molecule has 0 saturated carbocycles. The van der Waals surface area contributed by atoms with Crippen LogP contribution in [0.5, 0.6) is 11.5 Å². The van der Waals surface area contributed by atoms with Gasteiger partial charge in [0.25, 0.3) is 5.91 Å². The summed E-state index contributed by atoms with van der Waals surface area (Å²) >= 11 is 0. The Hall–Kier alpha value is -2.49. The molecule has 0 fully saturated rings. The van der Waals surface area contributed by atoms with Gasteiger partial charge in [-0.25, -0.2) is 0 Å². The van der Waals surface area contributed by atoms with Gasteiger partial charge in [0.05, 0.1) is 13.7 Å². The molecule has 1 N–H and O–H groups in total. The topological polar surface area (TPSA) is 47.6 Å². The van der Waals surface area contributed by atoms with Gasteiger partial charge in [0.15, 0.2) is 0 Å². The van der Waals surface area contributed by atoms with Crippen molar-refractivity contribution < 1.29 is 14.3 Å². The molecular formula is C18H21NO3. The molecule has 2 aromatic carbocycles. The Morgan fingerprint density at radius 2 is 1.82 bits per heavy atom. The maximum Gasteiger partial charge on any atom is 0.251 e. The van der Waals surface area contributed by atoms with Gasteiger partial charge in [-0.05, 0) is 49.7 Å². The van der Waals surface area contributed by atoms with Crippen LogP contribution in [-0.2, 0) is 0 Å². The molecular weight excluding hydrogens is 278 g/mol. The molecule has 0 saturated heterocycles. The molecule has 0 radical (unpaired) electrons. The molecule has 116 valence electrons. The molecule has 0 unspecified atom stereocenters. The van der Waals surface area contributed by atoms with E-state index < -0.39 is 0 Å². The SMILES string of the molecule is COc1ccc(C(=O)NCCOc2ccc(C)cc2C)cc1. The molecule has 2 rings (SSSR count). The Kier molecular flexibility index (Phi) is 5.42. The van der Waals surface area contributed by atoms with Crippen molar-refractivity contribution in [1.29, 1.82) is 0 Å². The first kappa shape index (κ1) is 15.9. The Morgan fingerprint density at radius 3 is 2.45 bits per heavy atom. The zero-order chi connectivity index (χ0) is 15.9. The lowest BCUT2D eigenvalue weighted by molar-refractivity contribution is 0.0947. The van der Waals surface area contributed by atoms with Gasteiger partial charge in [-0.1, -0.05) is 17.7 Å². The lowest BCUT2D eigenvalue weighted by Crippen LogP contribution is -2.28. The van der Waals surface area contributed by atoms with Gasteiger partial charge in [0.2, 0.25) is 0 Å². The van der Waals surface area contributed by atoms with Crippen molar-refractivity contribution >= 4 is 5.91 Å². The van der Waals surface area contributed by atoms with Crippen LogP contribution in [0.4, 0.5) is 0 Å². The fraction of sp³-hybridized carbons (Fsp3) is 0.278. The number of methoxy groups -OCH3 is 1. The Balaban J connectivity index is 1.79. The molecule has 0 aliphatic carbocycles. The normalized spacial score (nSPS) is 10.1. The van der Waals surface area contributed by atoms with Crippen LogP contribution < -0.4 is 14.8 Å². The minimum absolute atomic E-state index is 0.119. The van der Waals surface area contributed by atoms with Crippen LogP contribution in [0.3, 0.4) is 0 Å². The number of hydrogen-bond acceptors (Lipinski definition) is 3. The van der Waals surface area contributed by atoms with Crippen molar-refractivity contribution in [2.24, 2.45) is 0 Å². The second-order valence-electron chi connectivity index (χ2n) is 5.10. The van der Waals surface area contributed by atoms with E-state index in [2.05, 4.69) is 11.4 Å². The quantitative estimate of drug-likeness (QED) is 0.834. The summed E-state index contributed by atoms with van der Waals surface area (Å²) in [6.07, 6.45) is 0. The van der Waals surface area contributed by atoms with Crippen LogP contribution in [0.15, 0.2) is 42.5 Å².